The van der Waals surface area contributed by atoms with E-state index in [-0.39, 0.29) is 26.1 Å². The molecule has 0 saturated heterocycles. The van der Waals surface area contributed by atoms with Gasteiger partial charge < -0.3 is 27.9 Å². The second-order valence-electron chi connectivity index (χ2n) is 19.6. The van der Waals surface area contributed by atoms with E-state index in [4.69, 9.17) is 18.5 Å². The van der Waals surface area contributed by atoms with Crippen molar-refractivity contribution < 1.29 is 42.1 Å². The number of quaternary nitrogens is 1. The van der Waals surface area contributed by atoms with Crippen LogP contribution in [0.4, 0.5) is 0 Å². The van der Waals surface area contributed by atoms with E-state index in [0.29, 0.717) is 17.4 Å². The lowest BCUT2D eigenvalue weighted by atomic mass is 10.0. The third-order valence-corrected chi connectivity index (χ3v) is 12.6. The summed E-state index contributed by atoms with van der Waals surface area (Å²) in [6, 6.07) is 0. The van der Waals surface area contributed by atoms with Crippen LogP contribution in [-0.2, 0) is 32.7 Å². The van der Waals surface area contributed by atoms with E-state index in [0.717, 1.165) is 96.3 Å². The Kier molecular flexibility index (Phi) is 48.6. The Balaban J connectivity index is 3.93. The molecule has 0 N–H and O–H groups in total. The van der Waals surface area contributed by atoms with E-state index in [9.17, 15) is 19.0 Å². The molecule has 10 heteroatoms. The summed E-state index contributed by atoms with van der Waals surface area (Å²) in [4.78, 5) is 37.5. The van der Waals surface area contributed by atoms with Crippen LogP contribution in [0.2, 0.25) is 0 Å². The van der Waals surface area contributed by atoms with E-state index in [1.54, 1.807) is 0 Å². The van der Waals surface area contributed by atoms with Gasteiger partial charge in [0.2, 0.25) is 0 Å². The Morgan fingerprint density at radius 3 is 1.21 bits per heavy atom. The molecule has 0 aliphatic heterocycles. The van der Waals surface area contributed by atoms with Gasteiger partial charge in [-0.1, -0.05) is 227 Å². The number of likely N-dealkylation sites (N-methyl/N-ethyl adjacent to an activating group) is 1. The second kappa shape index (κ2) is 50.9. The molecule has 0 aliphatic rings. The van der Waals surface area contributed by atoms with Gasteiger partial charge in [-0.2, -0.15) is 0 Å². The van der Waals surface area contributed by atoms with Crippen LogP contribution in [0.25, 0.3) is 0 Å². The second-order valence-corrected chi connectivity index (χ2v) is 21.0. The van der Waals surface area contributed by atoms with E-state index < -0.39 is 32.5 Å². The van der Waals surface area contributed by atoms with Gasteiger partial charge in [0, 0.05) is 12.8 Å². The van der Waals surface area contributed by atoms with E-state index in [2.05, 4.69) is 111 Å². The number of ether oxygens (including phenoxy) is 2. The fourth-order valence-corrected chi connectivity index (χ4v) is 8.05. The number of unbranched alkanes of at least 4 members (excludes halogenated alkanes) is 20. The number of phosphoric acid groups is 1. The number of rotatable bonds is 50. The van der Waals surface area contributed by atoms with Crippen LogP contribution < -0.4 is 4.89 Å². The summed E-state index contributed by atoms with van der Waals surface area (Å²) >= 11 is 0. The van der Waals surface area contributed by atoms with Crippen LogP contribution in [0.15, 0.2) is 97.2 Å². The Labute approximate surface area is 430 Å². The minimum atomic E-state index is -4.62. The summed E-state index contributed by atoms with van der Waals surface area (Å²) in [5.74, 6) is -0.842. The number of hydrogen-bond donors (Lipinski definition) is 0. The number of carbonyl (C=O) groups is 2. The standard InChI is InChI=1S/C60H104NO8P/c1-6-8-10-12-14-15-16-17-18-19-20-21-22-23-24-25-26-27-28-29-30-31-32-33-34-35-36-37-38-39-40-41-42-43-44-45-47-49-51-53-60(63)69-58(57-68-70(64,65)67-55-54-61(3,4)5)56-66-59(62)52-50-48-46-13-11-9-7-2/h8,10,14-15,17-18,20-21,23-24,26-27,29-30,32-33,58H,6-7,9,11-13,16,19,22,25,28,31,34-57H2,1-5H3/b10-8-,15-14-,18-17-,21-20-,24-23-,27-26-,30-29-,33-32-. The maximum atomic E-state index is 12.7. The van der Waals surface area contributed by atoms with Crippen LogP contribution in [0, 0.1) is 0 Å². The maximum absolute atomic E-state index is 12.7. The van der Waals surface area contributed by atoms with E-state index in [1.165, 1.54) is 89.9 Å². The van der Waals surface area contributed by atoms with Gasteiger partial charge in [0.15, 0.2) is 6.10 Å². The van der Waals surface area contributed by atoms with Crippen LogP contribution in [0.3, 0.4) is 0 Å². The highest BCUT2D eigenvalue weighted by molar-refractivity contribution is 7.45. The molecular formula is C60H104NO8P. The van der Waals surface area contributed by atoms with Gasteiger partial charge in [-0.05, 0) is 77.0 Å². The lowest BCUT2D eigenvalue weighted by Crippen LogP contribution is -2.37. The van der Waals surface area contributed by atoms with Crippen molar-refractivity contribution in [3.63, 3.8) is 0 Å². The van der Waals surface area contributed by atoms with Gasteiger partial charge in [0.25, 0.3) is 7.82 Å². The first kappa shape index (κ1) is 66.9. The molecule has 0 bridgehead atoms. The highest BCUT2D eigenvalue weighted by atomic mass is 31.2. The molecule has 0 heterocycles. The van der Waals surface area contributed by atoms with E-state index in [1.807, 2.05) is 21.1 Å². The SMILES string of the molecule is CC/C=C\C/C=C\C/C=C\C/C=C\C/C=C\C/C=C\C/C=C\C/C=C\CCCCCCCCCCCCCCCCC(=O)OC(COC(=O)CCCCCCCCC)COP(=O)([O-])OCC[N+](C)(C)C. The van der Waals surface area contributed by atoms with Crippen LogP contribution >= 0.6 is 7.82 Å². The zero-order valence-corrected chi connectivity index (χ0v) is 46.3. The van der Waals surface area contributed by atoms with Crippen molar-refractivity contribution in [2.45, 2.75) is 225 Å². The van der Waals surface area contributed by atoms with Gasteiger partial charge in [0.05, 0.1) is 27.7 Å². The molecule has 0 aromatic carbocycles. The zero-order valence-electron chi connectivity index (χ0n) is 45.4. The summed E-state index contributed by atoms with van der Waals surface area (Å²) in [7, 11) is 1.16. The highest BCUT2D eigenvalue weighted by Gasteiger charge is 2.21. The number of carbonyl (C=O) groups excluding carboxylic acids is 2. The minimum Gasteiger partial charge on any atom is -0.756 e. The molecule has 2 atom stereocenters. The summed E-state index contributed by atoms with van der Waals surface area (Å²) in [6.07, 6.45) is 69.2. The molecule has 402 valence electrons. The van der Waals surface area contributed by atoms with Crippen molar-refractivity contribution in [2.75, 3.05) is 47.5 Å². The lowest BCUT2D eigenvalue weighted by molar-refractivity contribution is -0.870. The summed E-state index contributed by atoms with van der Waals surface area (Å²) in [5, 5.41) is 0. The molecule has 0 rings (SSSR count). The molecule has 70 heavy (non-hydrogen) atoms. The Morgan fingerprint density at radius 2 is 0.814 bits per heavy atom. The molecule has 0 aliphatic carbocycles. The number of nitrogens with zero attached hydrogens (tertiary/aromatic N) is 1. The van der Waals surface area contributed by atoms with Crippen molar-refractivity contribution in [1.82, 2.24) is 0 Å². The van der Waals surface area contributed by atoms with Crippen molar-refractivity contribution >= 4 is 19.8 Å². The van der Waals surface area contributed by atoms with Gasteiger partial charge in [-0.15, -0.1) is 0 Å². The zero-order chi connectivity index (χ0) is 51.3. The van der Waals surface area contributed by atoms with Gasteiger partial charge in [-0.25, -0.2) is 0 Å². The largest absolute Gasteiger partial charge is 0.756 e. The smallest absolute Gasteiger partial charge is 0.306 e. The first-order valence-corrected chi connectivity index (χ1v) is 29.4. The lowest BCUT2D eigenvalue weighted by Gasteiger charge is -2.28. The minimum absolute atomic E-state index is 0.0328. The monoisotopic (exact) mass is 998 g/mol. The predicted octanol–water partition coefficient (Wildman–Crippen LogP) is 16.6. The number of hydrogen-bond acceptors (Lipinski definition) is 8. The number of phosphoric ester groups is 1. The number of allylic oxidation sites excluding steroid dienone is 16. The van der Waals surface area contributed by atoms with Crippen molar-refractivity contribution in [2.24, 2.45) is 0 Å². The van der Waals surface area contributed by atoms with Gasteiger partial charge >= 0.3 is 11.9 Å². The molecule has 0 aromatic heterocycles. The molecule has 0 radical (unpaired) electrons. The fourth-order valence-electron chi connectivity index (χ4n) is 7.32. The van der Waals surface area contributed by atoms with E-state index >= 15 is 0 Å². The Hall–Kier alpha value is -3.07. The molecule has 0 spiro atoms. The van der Waals surface area contributed by atoms with Crippen molar-refractivity contribution in [1.29, 1.82) is 0 Å². The van der Waals surface area contributed by atoms with Crippen molar-refractivity contribution in [3.05, 3.63) is 97.2 Å². The Morgan fingerprint density at radius 1 is 0.457 bits per heavy atom. The first-order valence-electron chi connectivity index (χ1n) is 27.9. The summed E-state index contributed by atoms with van der Waals surface area (Å²) in [6.45, 7) is 4.06. The molecule has 0 saturated carbocycles. The molecular weight excluding hydrogens is 894 g/mol. The molecule has 0 fully saturated rings. The number of esters is 2. The van der Waals surface area contributed by atoms with Crippen molar-refractivity contribution in [3.8, 4) is 0 Å². The van der Waals surface area contributed by atoms with Crippen LogP contribution in [0.1, 0.15) is 219 Å². The molecule has 9 nitrogen and oxygen atoms in total. The first-order chi connectivity index (χ1) is 34.0. The highest BCUT2D eigenvalue weighted by Crippen LogP contribution is 2.38. The third kappa shape index (κ3) is 54.3. The summed E-state index contributed by atoms with van der Waals surface area (Å²) in [5.41, 5.74) is 0. The van der Waals surface area contributed by atoms with Gasteiger partial charge in [-0.3, -0.25) is 14.2 Å². The van der Waals surface area contributed by atoms with Crippen LogP contribution in [0.5, 0.6) is 0 Å². The van der Waals surface area contributed by atoms with Crippen LogP contribution in [-0.4, -0.2) is 70.0 Å². The molecule has 2 unspecified atom stereocenters. The normalized spacial score (nSPS) is 14.1. The van der Waals surface area contributed by atoms with Gasteiger partial charge in [0.1, 0.15) is 19.8 Å². The molecule has 0 aromatic rings. The Bertz CT molecular complexity index is 1500. The average molecular weight is 998 g/mol. The molecule has 0 amide bonds. The maximum Gasteiger partial charge on any atom is 0.306 e. The summed E-state index contributed by atoms with van der Waals surface area (Å²) < 4.78 is 33.9. The third-order valence-electron chi connectivity index (χ3n) is 11.6. The quantitative estimate of drug-likeness (QED) is 0.0195. The average Bonchev–Trinajstić information content (AvgIpc) is 3.32. The fraction of sp³-hybridized carbons (Fsp3) is 0.700. The topological polar surface area (TPSA) is 111 Å². The predicted molar refractivity (Wildman–Crippen MR) is 295 cm³/mol.